The second kappa shape index (κ2) is 8.14. The van der Waals surface area contributed by atoms with Crippen LogP contribution in [0.15, 0.2) is 23.1 Å². The van der Waals surface area contributed by atoms with Gasteiger partial charge in [0.2, 0.25) is 10.0 Å². The second-order valence-corrected chi connectivity index (χ2v) is 8.87. The predicted molar refractivity (Wildman–Crippen MR) is 102 cm³/mol. The van der Waals surface area contributed by atoms with Crippen molar-refractivity contribution in [3.63, 3.8) is 0 Å². The Morgan fingerprint density at radius 2 is 1.78 bits per heavy atom. The molecule has 1 aromatic rings. The smallest absolute Gasteiger partial charge is 0.253 e. The fourth-order valence-corrected chi connectivity index (χ4v) is 5.17. The SMILES string of the molecule is CNC(=O)c1cc(S(=O)(=O)N2C[C@H](C)O[C@@H](C)C2)ccc1N1CCOCC1. The van der Waals surface area contributed by atoms with Crippen molar-refractivity contribution in [2.24, 2.45) is 0 Å². The molecular weight excluding hydrogens is 370 g/mol. The van der Waals surface area contributed by atoms with Crippen molar-refractivity contribution in [1.29, 1.82) is 0 Å². The van der Waals surface area contributed by atoms with E-state index in [0.29, 0.717) is 45.0 Å². The van der Waals surface area contributed by atoms with Gasteiger partial charge in [-0.2, -0.15) is 4.31 Å². The van der Waals surface area contributed by atoms with E-state index in [1.54, 1.807) is 12.1 Å². The number of carbonyl (C=O) groups excluding carboxylic acids is 1. The van der Waals surface area contributed by atoms with Crippen LogP contribution in [0.1, 0.15) is 24.2 Å². The number of amides is 1. The Morgan fingerprint density at radius 3 is 2.37 bits per heavy atom. The molecule has 8 nitrogen and oxygen atoms in total. The summed E-state index contributed by atoms with van der Waals surface area (Å²) in [7, 11) is -2.17. The number of hydrogen-bond acceptors (Lipinski definition) is 6. The Bertz CT molecular complexity index is 782. The van der Waals surface area contributed by atoms with Gasteiger partial charge < -0.3 is 19.7 Å². The van der Waals surface area contributed by atoms with Gasteiger partial charge >= 0.3 is 0 Å². The molecule has 2 atom stereocenters. The van der Waals surface area contributed by atoms with E-state index in [9.17, 15) is 13.2 Å². The summed E-state index contributed by atoms with van der Waals surface area (Å²) in [4.78, 5) is 14.6. The summed E-state index contributed by atoms with van der Waals surface area (Å²) >= 11 is 0. The third kappa shape index (κ3) is 4.26. The van der Waals surface area contributed by atoms with Crippen molar-refractivity contribution >= 4 is 21.6 Å². The maximum atomic E-state index is 13.1. The number of rotatable bonds is 4. The van der Waals surface area contributed by atoms with E-state index >= 15 is 0 Å². The number of nitrogens with one attached hydrogen (secondary N) is 1. The largest absolute Gasteiger partial charge is 0.378 e. The van der Waals surface area contributed by atoms with Gasteiger partial charge in [-0.15, -0.1) is 0 Å². The standard InChI is InChI=1S/C18H27N3O5S/c1-13-11-21(12-14(2)26-13)27(23,24)15-4-5-17(16(10-15)18(22)19-3)20-6-8-25-9-7-20/h4-5,10,13-14H,6-9,11-12H2,1-3H3,(H,19,22)/t13-,14-/m0/s1. The van der Waals surface area contributed by atoms with Crippen LogP contribution in [0.5, 0.6) is 0 Å². The van der Waals surface area contributed by atoms with Gasteiger partial charge in [0.15, 0.2) is 0 Å². The van der Waals surface area contributed by atoms with Crippen molar-refractivity contribution in [3.05, 3.63) is 23.8 Å². The highest BCUT2D eigenvalue weighted by atomic mass is 32.2. The molecule has 1 N–H and O–H groups in total. The topological polar surface area (TPSA) is 88.2 Å². The van der Waals surface area contributed by atoms with Gasteiger partial charge in [0.1, 0.15) is 0 Å². The lowest BCUT2D eigenvalue weighted by atomic mass is 10.1. The molecule has 150 valence electrons. The van der Waals surface area contributed by atoms with Crippen LogP contribution in [0.25, 0.3) is 0 Å². The summed E-state index contributed by atoms with van der Waals surface area (Å²) in [5, 5.41) is 2.61. The molecular formula is C18H27N3O5S. The zero-order valence-corrected chi connectivity index (χ0v) is 16.8. The van der Waals surface area contributed by atoms with Gasteiger partial charge in [-0.25, -0.2) is 8.42 Å². The van der Waals surface area contributed by atoms with Crippen molar-refractivity contribution in [1.82, 2.24) is 9.62 Å². The quantitative estimate of drug-likeness (QED) is 0.804. The monoisotopic (exact) mass is 397 g/mol. The number of hydrogen-bond donors (Lipinski definition) is 1. The van der Waals surface area contributed by atoms with Crippen LogP contribution in [0.3, 0.4) is 0 Å². The summed E-state index contributed by atoms with van der Waals surface area (Å²) < 4.78 is 38.7. The molecule has 0 bridgehead atoms. The van der Waals surface area contributed by atoms with E-state index in [1.807, 2.05) is 18.7 Å². The Morgan fingerprint density at radius 1 is 1.15 bits per heavy atom. The van der Waals surface area contributed by atoms with E-state index in [0.717, 1.165) is 5.69 Å². The van der Waals surface area contributed by atoms with Gasteiger partial charge in [0.05, 0.1) is 35.9 Å². The van der Waals surface area contributed by atoms with E-state index in [-0.39, 0.29) is 23.0 Å². The van der Waals surface area contributed by atoms with Crippen LogP contribution in [-0.2, 0) is 19.5 Å². The number of carbonyl (C=O) groups is 1. The van der Waals surface area contributed by atoms with Crippen LogP contribution in [0.2, 0.25) is 0 Å². The zero-order valence-electron chi connectivity index (χ0n) is 16.0. The molecule has 1 aromatic carbocycles. The minimum Gasteiger partial charge on any atom is -0.378 e. The molecule has 2 saturated heterocycles. The molecule has 2 aliphatic heterocycles. The van der Waals surface area contributed by atoms with E-state index in [1.165, 1.54) is 17.4 Å². The molecule has 0 spiro atoms. The number of benzene rings is 1. The lowest BCUT2D eigenvalue weighted by Crippen LogP contribution is -2.48. The summed E-state index contributed by atoms with van der Waals surface area (Å²) in [6.45, 7) is 6.79. The molecule has 2 aliphatic rings. The van der Waals surface area contributed by atoms with Crippen molar-refractivity contribution in [2.45, 2.75) is 31.0 Å². The lowest BCUT2D eigenvalue weighted by Gasteiger charge is -2.34. The molecule has 0 saturated carbocycles. The van der Waals surface area contributed by atoms with Gasteiger partial charge in [-0.3, -0.25) is 4.79 Å². The fourth-order valence-electron chi connectivity index (χ4n) is 3.55. The normalized spacial score (nSPS) is 24.6. The van der Waals surface area contributed by atoms with Gasteiger partial charge in [0, 0.05) is 38.9 Å². The first-order valence-corrected chi connectivity index (χ1v) is 10.6. The van der Waals surface area contributed by atoms with Crippen LogP contribution in [0.4, 0.5) is 5.69 Å². The zero-order chi connectivity index (χ0) is 19.6. The first kappa shape index (κ1) is 20.1. The molecule has 0 unspecified atom stereocenters. The highest BCUT2D eigenvalue weighted by Gasteiger charge is 2.33. The van der Waals surface area contributed by atoms with Gasteiger partial charge in [-0.05, 0) is 32.0 Å². The summed E-state index contributed by atoms with van der Waals surface area (Å²) in [6.07, 6.45) is -0.343. The molecule has 1 amide bonds. The molecule has 0 aromatic heterocycles. The van der Waals surface area contributed by atoms with Crippen molar-refractivity contribution in [2.75, 3.05) is 51.3 Å². The summed E-state index contributed by atoms with van der Waals surface area (Å²) in [5.41, 5.74) is 1.08. The van der Waals surface area contributed by atoms with Crippen molar-refractivity contribution in [3.8, 4) is 0 Å². The van der Waals surface area contributed by atoms with E-state index in [2.05, 4.69) is 5.32 Å². The maximum absolute atomic E-state index is 13.1. The number of nitrogens with zero attached hydrogens (tertiary/aromatic N) is 2. The molecule has 0 aliphatic carbocycles. The number of ether oxygens (including phenoxy) is 2. The maximum Gasteiger partial charge on any atom is 0.253 e. The highest BCUT2D eigenvalue weighted by Crippen LogP contribution is 2.28. The molecule has 2 fully saturated rings. The molecule has 0 radical (unpaired) electrons. The molecule has 9 heteroatoms. The first-order valence-electron chi connectivity index (χ1n) is 9.17. The second-order valence-electron chi connectivity index (χ2n) is 6.94. The minimum absolute atomic E-state index is 0.124. The van der Waals surface area contributed by atoms with Crippen LogP contribution < -0.4 is 10.2 Å². The third-order valence-corrected chi connectivity index (χ3v) is 6.64. The summed E-state index contributed by atoms with van der Waals surface area (Å²) in [5.74, 6) is -0.308. The van der Waals surface area contributed by atoms with Crippen molar-refractivity contribution < 1.29 is 22.7 Å². The third-order valence-electron chi connectivity index (χ3n) is 4.82. The lowest BCUT2D eigenvalue weighted by molar-refractivity contribution is -0.0440. The minimum atomic E-state index is -3.71. The van der Waals surface area contributed by atoms with Crippen LogP contribution in [0, 0.1) is 0 Å². The Balaban J connectivity index is 1.97. The van der Waals surface area contributed by atoms with E-state index in [4.69, 9.17) is 9.47 Å². The number of anilines is 1. The Labute approximate surface area is 160 Å². The fraction of sp³-hybridized carbons (Fsp3) is 0.611. The van der Waals surface area contributed by atoms with Gasteiger partial charge in [-0.1, -0.05) is 0 Å². The van der Waals surface area contributed by atoms with Crippen LogP contribution in [-0.4, -0.2) is 77.3 Å². The molecule has 3 rings (SSSR count). The summed E-state index contributed by atoms with van der Waals surface area (Å²) in [6, 6.07) is 4.78. The van der Waals surface area contributed by atoms with Crippen LogP contribution >= 0.6 is 0 Å². The average molecular weight is 397 g/mol. The number of morpholine rings is 2. The predicted octanol–water partition coefficient (Wildman–Crippen LogP) is 0.681. The van der Waals surface area contributed by atoms with Gasteiger partial charge in [0.25, 0.3) is 5.91 Å². The Kier molecular flexibility index (Phi) is 6.05. The average Bonchev–Trinajstić information content (AvgIpc) is 2.66. The Hall–Kier alpha value is -1.68. The molecule has 2 heterocycles. The number of sulfonamides is 1. The van der Waals surface area contributed by atoms with E-state index < -0.39 is 10.0 Å². The highest BCUT2D eigenvalue weighted by molar-refractivity contribution is 7.89. The molecule has 27 heavy (non-hydrogen) atoms. The first-order chi connectivity index (χ1) is 12.8.